The minimum absolute atomic E-state index is 0.183. The Balaban J connectivity index is 2.66. The molecule has 0 aliphatic carbocycles. The van der Waals surface area contributed by atoms with E-state index in [2.05, 4.69) is 13.8 Å². The second-order valence-electron chi connectivity index (χ2n) is 5.51. The largest absolute Gasteiger partial charge is 0.478 e. The standard InChI is InChI=1S/C17H19NO3/c1-10(2)13-5-7-14(8-6-13)18-12(4)16(17(20)21)11(3)9-15(18)19/h5-10H,1-4H3,(H,20,21). The van der Waals surface area contributed by atoms with E-state index in [1.54, 1.807) is 13.8 Å². The van der Waals surface area contributed by atoms with Crippen LogP contribution in [0.1, 0.15) is 46.9 Å². The normalized spacial score (nSPS) is 10.9. The first-order valence-electron chi connectivity index (χ1n) is 6.89. The molecule has 0 amide bonds. The molecular weight excluding hydrogens is 266 g/mol. The lowest BCUT2D eigenvalue weighted by Crippen LogP contribution is -2.24. The van der Waals surface area contributed by atoms with Gasteiger partial charge < -0.3 is 5.11 Å². The minimum atomic E-state index is -1.02. The summed E-state index contributed by atoms with van der Waals surface area (Å²) in [5, 5.41) is 9.31. The fraction of sp³-hybridized carbons (Fsp3) is 0.294. The Morgan fingerprint density at radius 1 is 1.14 bits per heavy atom. The molecule has 4 nitrogen and oxygen atoms in total. The Bertz CT molecular complexity index is 740. The van der Waals surface area contributed by atoms with E-state index in [1.807, 2.05) is 24.3 Å². The quantitative estimate of drug-likeness (QED) is 0.941. The Kier molecular flexibility index (Phi) is 3.98. The van der Waals surface area contributed by atoms with Gasteiger partial charge in [-0.05, 0) is 43.0 Å². The maximum absolute atomic E-state index is 12.2. The molecule has 2 rings (SSSR count). The van der Waals surface area contributed by atoms with Crippen molar-refractivity contribution in [3.05, 3.63) is 63.1 Å². The number of pyridine rings is 1. The number of nitrogens with zero attached hydrogens (tertiary/aromatic N) is 1. The fourth-order valence-electron chi connectivity index (χ4n) is 2.54. The maximum Gasteiger partial charge on any atom is 0.337 e. The van der Waals surface area contributed by atoms with Crippen LogP contribution in [0.25, 0.3) is 5.69 Å². The van der Waals surface area contributed by atoms with Gasteiger partial charge in [0.15, 0.2) is 0 Å². The number of carbonyl (C=O) groups is 1. The van der Waals surface area contributed by atoms with Gasteiger partial charge >= 0.3 is 5.97 Å². The Morgan fingerprint density at radius 2 is 1.71 bits per heavy atom. The van der Waals surface area contributed by atoms with Gasteiger partial charge in [-0.1, -0.05) is 26.0 Å². The summed E-state index contributed by atoms with van der Waals surface area (Å²) >= 11 is 0. The Hall–Kier alpha value is -2.36. The van der Waals surface area contributed by atoms with E-state index in [0.29, 0.717) is 22.9 Å². The van der Waals surface area contributed by atoms with Gasteiger partial charge in [0.25, 0.3) is 5.56 Å². The summed E-state index contributed by atoms with van der Waals surface area (Å²) in [6.45, 7) is 7.50. The van der Waals surface area contributed by atoms with Crippen LogP contribution in [0.3, 0.4) is 0 Å². The van der Waals surface area contributed by atoms with Gasteiger partial charge in [0.1, 0.15) is 0 Å². The molecule has 1 aromatic heterocycles. The molecule has 0 fully saturated rings. The van der Waals surface area contributed by atoms with E-state index >= 15 is 0 Å². The average Bonchev–Trinajstić information content (AvgIpc) is 2.38. The summed E-state index contributed by atoms with van der Waals surface area (Å²) in [4.78, 5) is 23.6. The number of hydrogen-bond donors (Lipinski definition) is 1. The highest BCUT2D eigenvalue weighted by Crippen LogP contribution is 2.19. The van der Waals surface area contributed by atoms with Crippen molar-refractivity contribution in [2.24, 2.45) is 0 Å². The molecule has 21 heavy (non-hydrogen) atoms. The molecule has 0 aliphatic heterocycles. The molecule has 1 N–H and O–H groups in total. The van der Waals surface area contributed by atoms with Crippen molar-refractivity contribution >= 4 is 5.97 Å². The second-order valence-corrected chi connectivity index (χ2v) is 5.51. The monoisotopic (exact) mass is 285 g/mol. The van der Waals surface area contributed by atoms with Crippen LogP contribution >= 0.6 is 0 Å². The van der Waals surface area contributed by atoms with Gasteiger partial charge in [0.2, 0.25) is 0 Å². The first-order chi connectivity index (χ1) is 9.82. The SMILES string of the molecule is Cc1cc(=O)n(-c2ccc(C(C)C)cc2)c(C)c1C(=O)O. The number of benzene rings is 1. The summed E-state index contributed by atoms with van der Waals surface area (Å²) < 4.78 is 1.44. The summed E-state index contributed by atoms with van der Waals surface area (Å²) in [5.41, 5.74) is 2.76. The molecule has 0 atom stereocenters. The molecule has 0 aliphatic rings. The molecule has 2 aromatic rings. The molecule has 0 radical (unpaired) electrons. The summed E-state index contributed by atoms with van der Waals surface area (Å²) in [5.74, 6) is -0.609. The molecule has 0 unspecified atom stereocenters. The van der Waals surface area contributed by atoms with E-state index in [1.165, 1.54) is 16.2 Å². The van der Waals surface area contributed by atoms with Crippen LogP contribution in [0.2, 0.25) is 0 Å². The van der Waals surface area contributed by atoms with E-state index in [9.17, 15) is 14.7 Å². The number of aromatic carboxylic acids is 1. The predicted molar refractivity (Wildman–Crippen MR) is 82.6 cm³/mol. The zero-order chi connectivity index (χ0) is 15.7. The van der Waals surface area contributed by atoms with Crippen LogP contribution in [0.5, 0.6) is 0 Å². The first kappa shape index (κ1) is 15.0. The topological polar surface area (TPSA) is 59.3 Å². The first-order valence-corrected chi connectivity index (χ1v) is 6.89. The summed E-state index contributed by atoms with van der Waals surface area (Å²) in [7, 11) is 0. The molecule has 0 saturated carbocycles. The third kappa shape index (κ3) is 2.75. The number of rotatable bonds is 3. The van der Waals surface area contributed by atoms with E-state index in [0.717, 1.165) is 0 Å². The van der Waals surface area contributed by atoms with E-state index < -0.39 is 5.97 Å². The minimum Gasteiger partial charge on any atom is -0.478 e. The van der Waals surface area contributed by atoms with Crippen LogP contribution in [0.4, 0.5) is 0 Å². The van der Waals surface area contributed by atoms with Gasteiger partial charge in [-0.3, -0.25) is 9.36 Å². The van der Waals surface area contributed by atoms with Gasteiger partial charge in [-0.2, -0.15) is 0 Å². The highest BCUT2D eigenvalue weighted by Gasteiger charge is 2.16. The number of carboxylic acid groups (broad SMARTS) is 1. The van der Waals surface area contributed by atoms with Crippen molar-refractivity contribution in [1.82, 2.24) is 4.57 Å². The molecule has 4 heteroatoms. The number of aromatic nitrogens is 1. The third-order valence-electron chi connectivity index (χ3n) is 3.68. The van der Waals surface area contributed by atoms with Gasteiger partial charge in [-0.15, -0.1) is 0 Å². The lowest BCUT2D eigenvalue weighted by molar-refractivity contribution is 0.0694. The highest BCUT2D eigenvalue weighted by molar-refractivity contribution is 5.90. The van der Waals surface area contributed by atoms with Crippen molar-refractivity contribution in [3.63, 3.8) is 0 Å². The molecule has 110 valence electrons. The van der Waals surface area contributed by atoms with Gasteiger partial charge in [0, 0.05) is 17.4 Å². The highest BCUT2D eigenvalue weighted by atomic mass is 16.4. The number of hydrogen-bond acceptors (Lipinski definition) is 2. The summed E-state index contributed by atoms with van der Waals surface area (Å²) in [6, 6.07) is 9.00. The zero-order valence-corrected chi connectivity index (χ0v) is 12.7. The van der Waals surface area contributed by atoms with Crippen molar-refractivity contribution < 1.29 is 9.90 Å². The third-order valence-corrected chi connectivity index (χ3v) is 3.68. The van der Waals surface area contributed by atoms with Crippen LogP contribution in [-0.4, -0.2) is 15.6 Å². The van der Waals surface area contributed by atoms with E-state index in [4.69, 9.17) is 0 Å². The van der Waals surface area contributed by atoms with Crippen LogP contribution in [0, 0.1) is 13.8 Å². The lowest BCUT2D eigenvalue weighted by atomic mass is 10.0. The smallest absolute Gasteiger partial charge is 0.337 e. The molecule has 0 bridgehead atoms. The van der Waals surface area contributed by atoms with Crippen LogP contribution < -0.4 is 5.56 Å². The second kappa shape index (κ2) is 5.56. The average molecular weight is 285 g/mol. The van der Waals surface area contributed by atoms with E-state index in [-0.39, 0.29) is 11.1 Å². The lowest BCUT2D eigenvalue weighted by Gasteiger charge is -2.15. The maximum atomic E-state index is 12.2. The molecule has 0 saturated heterocycles. The van der Waals surface area contributed by atoms with Crippen LogP contribution in [-0.2, 0) is 0 Å². The van der Waals surface area contributed by atoms with Crippen molar-refractivity contribution in [1.29, 1.82) is 0 Å². The van der Waals surface area contributed by atoms with Gasteiger partial charge in [-0.25, -0.2) is 4.79 Å². The molecular formula is C17H19NO3. The van der Waals surface area contributed by atoms with Crippen molar-refractivity contribution in [3.8, 4) is 5.69 Å². The van der Waals surface area contributed by atoms with Crippen LogP contribution in [0.15, 0.2) is 35.1 Å². The Labute approximate surface area is 123 Å². The van der Waals surface area contributed by atoms with Crippen molar-refractivity contribution in [2.75, 3.05) is 0 Å². The fourth-order valence-corrected chi connectivity index (χ4v) is 2.54. The molecule has 1 aromatic carbocycles. The predicted octanol–water partition coefficient (Wildman–Crippen LogP) is 3.28. The number of carboxylic acids is 1. The number of aryl methyl sites for hydroxylation is 1. The zero-order valence-electron chi connectivity index (χ0n) is 12.7. The molecule has 1 heterocycles. The summed E-state index contributed by atoms with van der Waals surface area (Å²) in [6.07, 6.45) is 0. The van der Waals surface area contributed by atoms with Crippen molar-refractivity contribution in [2.45, 2.75) is 33.6 Å². The Morgan fingerprint density at radius 3 is 2.19 bits per heavy atom. The van der Waals surface area contributed by atoms with Gasteiger partial charge in [0.05, 0.1) is 5.56 Å². The molecule has 0 spiro atoms.